The summed E-state index contributed by atoms with van der Waals surface area (Å²) in [7, 11) is 1.58. The van der Waals surface area contributed by atoms with Crippen LogP contribution in [0.5, 0.6) is 0 Å². The number of nitriles is 1. The first-order valence-corrected chi connectivity index (χ1v) is 8.78. The molecular formula is C19H16N2O4S. The highest BCUT2D eigenvalue weighted by Crippen LogP contribution is 2.33. The van der Waals surface area contributed by atoms with Crippen molar-refractivity contribution in [3.05, 3.63) is 52.6 Å². The van der Waals surface area contributed by atoms with E-state index in [9.17, 15) is 9.59 Å². The second-order valence-corrected chi connectivity index (χ2v) is 6.56. The van der Waals surface area contributed by atoms with E-state index in [1.807, 2.05) is 0 Å². The van der Waals surface area contributed by atoms with Crippen molar-refractivity contribution in [3.8, 4) is 17.4 Å². The molecule has 26 heavy (non-hydrogen) atoms. The minimum Gasteiger partial charge on any atom is -0.457 e. The molecule has 7 heteroatoms. The monoisotopic (exact) mass is 368 g/mol. The van der Waals surface area contributed by atoms with Gasteiger partial charge < -0.3 is 9.15 Å². The number of hydrogen-bond acceptors (Lipinski definition) is 6. The van der Waals surface area contributed by atoms with E-state index in [0.717, 1.165) is 17.3 Å². The number of thioether (sulfide) groups is 1. The van der Waals surface area contributed by atoms with Crippen molar-refractivity contribution >= 4 is 29.0 Å². The van der Waals surface area contributed by atoms with Gasteiger partial charge in [-0.2, -0.15) is 5.26 Å². The predicted molar refractivity (Wildman–Crippen MR) is 98.0 cm³/mol. The summed E-state index contributed by atoms with van der Waals surface area (Å²) >= 11 is 0.906. The number of ether oxygens (including phenoxy) is 1. The Balaban J connectivity index is 1.74. The van der Waals surface area contributed by atoms with E-state index < -0.39 is 0 Å². The van der Waals surface area contributed by atoms with Crippen LogP contribution >= 0.6 is 11.8 Å². The average Bonchev–Trinajstić information content (AvgIpc) is 3.22. The summed E-state index contributed by atoms with van der Waals surface area (Å²) in [6, 6.07) is 12.6. The average molecular weight is 368 g/mol. The Kier molecular flexibility index (Phi) is 5.56. The summed E-state index contributed by atoms with van der Waals surface area (Å²) in [6.45, 7) is 0.831. The molecule has 0 aliphatic carbocycles. The largest absolute Gasteiger partial charge is 0.457 e. The van der Waals surface area contributed by atoms with Crippen LogP contribution in [0, 0.1) is 11.3 Å². The molecule has 1 aromatic heterocycles. The van der Waals surface area contributed by atoms with Gasteiger partial charge in [0.1, 0.15) is 11.5 Å². The normalized spacial score (nSPS) is 15.7. The maximum absolute atomic E-state index is 12.4. The maximum Gasteiger partial charge on any atom is 0.293 e. The maximum atomic E-state index is 12.4. The minimum atomic E-state index is -0.313. The van der Waals surface area contributed by atoms with E-state index >= 15 is 0 Å². The van der Waals surface area contributed by atoms with Crippen molar-refractivity contribution in [2.75, 3.05) is 20.3 Å². The van der Waals surface area contributed by atoms with E-state index in [1.54, 1.807) is 49.6 Å². The smallest absolute Gasteiger partial charge is 0.293 e. The van der Waals surface area contributed by atoms with Crippen LogP contribution in [0.25, 0.3) is 17.4 Å². The number of hydrogen-bond donors (Lipinski definition) is 0. The molecule has 2 amide bonds. The van der Waals surface area contributed by atoms with Crippen molar-refractivity contribution in [1.82, 2.24) is 4.90 Å². The van der Waals surface area contributed by atoms with Gasteiger partial charge in [0.2, 0.25) is 0 Å². The van der Waals surface area contributed by atoms with Gasteiger partial charge in [-0.25, -0.2) is 0 Å². The first kappa shape index (κ1) is 18.0. The van der Waals surface area contributed by atoms with Crippen LogP contribution in [0.4, 0.5) is 4.79 Å². The molecule has 1 aliphatic heterocycles. The Bertz CT molecular complexity index is 893. The van der Waals surface area contributed by atoms with E-state index in [-0.39, 0.29) is 11.1 Å². The lowest BCUT2D eigenvalue weighted by Crippen LogP contribution is -2.29. The highest BCUT2D eigenvalue weighted by molar-refractivity contribution is 8.18. The van der Waals surface area contributed by atoms with Crippen molar-refractivity contribution in [1.29, 1.82) is 5.26 Å². The van der Waals surface area contributed by atoms with E-state index in [2.05, 4.69) is 6.07 Å². The molecule has 132 valence electrons. The first-order valence-electron chi connectivity index (χ1n) is 7.97. The molecule has 1 aromatic carbocycles. The number of nitrogens with zero attached hydrogens (tertiary/aromatic N) is 2. The summed E-state index contributed by atoms with van der Waals surface area (Å²) in [5, 5.41) is 8.56. The van der Waals surface area contributed by atoms with Gasteiger partial charge in [0.25, 0.3) is 11.1 Å². The molecule has 1 saturated heterocycles. The summed E-state index contributed by atoms with van der Waals surface area (Å²) in [5.41, 5.74) is 1.40. The zero-order chi connectivity index (χ0) is 18.5. The highest BCUT2D eigenvalue weighted by atomic mass is 32.2. The molecule has 0 radical (unpaired) electrons. The van der Waals surface area contributed by atoms with Crippen LogP contribution in [0.2, 0.25) is 0 Å². The van der Waals surface area contributed by atoms with Crippen LogP contribution in [-0.4, -0.2) is 36.3 Å². The molecule has 2 heterocycles. The third-order valence-corrected chi connectivity index (χ3v) is 4.71. The van der Waals surface area contributed by atoms with Crippen molar-refractivity contribution in [3.63, 3.8) is 0 Å². The Morgan fingerprint density at radius 3 is 2.69 bits per heavy atom. The molecule has 0 unspecified atom stereocenters. The fraction of sp³-hybridized carbons (Fsp3) is 0.211. The summed E-state index contributed by atoms with van der Waals surface area (Å²) in [4.78, 5) is 25.9. The number of furan rings is 1. The number of carbonyl (C=O) groups excluding carboxylic acids is 2. The SMILES string of the molecule is COCCCN1C(=O)S/C(=C/c2ccc(-c3ccc(C#N)cc3)o2)C1=O. The summed E-state index contributed by atoms with van der Waals surface area (Å²) in [6.07, 6.45) is 2.18. The molecule has 0 atom stereocenters. The molecule has 2 aromatic rings. The van der Waals surface area contributed by atoms with Crippen LogP contribution in [0.1, 0.15) is 17.7 Å². The van der Waals surface area contributed by atoms with Gasteiger partial charge in [-0.05, 0) is 54.6 Å². The third kappa shape index (κ3) is 3.87. The first-order chi connectivity index (χ1) is 12.6. The molecular weight excluding hydrogens is 352 g/mol. The number of imide groups is 1. The highest BCUT2D eigenvalue weighted by Gasteiger charge is 2.34. The van der Waals surface area contributed by atoms with Crippen LogP contribution in [0.15, 0.2) is 45.7 Å². The predicted octanol–water partition coefficient (Wildman–Crippen LogP) is 3.89. The van der Waals surface area contributed by atoms with Gasteiger partial charge in [0.05, 0.1) is 16.5 Å². The van der Waals surface area contributed by atoms with Gasteiger partial charge in [0.15, 0.2) is 0 Å². The second kappa shape index (κ2) is 8.04. The van der Waals surface area contributed by atoms with Crippen molar-refractivity contribution in [2.24, 2.45) is 0 Å². The minimum absolute atomic E-state index is 0.281. The Morgan fingerprint density at radius 1 is 1.23 bits per heavy atom. The standard InChI is InChI=1S/C19H16N2O4S/c1-24-10-2-9-21-18(22)17(26-19(21)23)11-15-7-8-16(25-15)14-5-3-13(12-20)4-6-14/h3-8,11H,2,9-10H2,1H3/b17-11+. The molecule has 0 saturated carbocycles. The van der Waals surface area contributed by atoms with Gasteiger partial charge in [-0.3, -0.25) is 14.5 Å². The van der Waals surface area contributed by atoms with Crippen molar-refractivity contribution in [2.45, 2.75) is 6.42 Å². The Morgan fingerprint density at radius 2 is 2.00 bits per heavy atom. The molecule has 3 rings (SSSR count). The Labute approximate surface area is 155 Å². The Hall–Kier alpha value is -2.82. The zero-order valence-corrected chi connectivity index (χ0v) is 14.9. The number of benzene rings is 1. The second-order valence-electron chi connectivity index (χ2n) is 5.57. The molecule has 0 spiro atoms. The van der Waals surface area contributed by atoms with Gasteiger partial charge in [-0.15, -0.1) is 0 Å². The van der Waals surface area contributed by atoms with E-state index in [1.165, 1.54) is 4.90 Å². The topological polar surface area (TPSA) is 83.5 Å². The van der Waals surface area contributed by atoms with Gasteiger partial charge in [-0.1, -0.05) is 0 Å². The molecule has 6 nitrogen and oxygen atoms in total. The molecule has 0 N–H and O–H groups in total. The summed E-state index contributed by atoms with van der Waals surface area (Å²) in [5.74, 6) is 0.805. The fourth-order valence-corrected chi connectivity index (χ4v) is 3.33. The van der Waals surface area contributed by atoms with E-state index in [4.69, 9.17) is 14.4 Å². The van der Waals surface area contributed by atoms with Gasteiger partial charge in [0, 0.05) is 31.9 Å². The number of carbonyl (C=O) groups is 2. The van der Waals surface area contributed by atoms with Crippen LogP contribution in [0.3, 0.4) is 0 Å². The number of rotatable bonds is 6. The fourth-order valence-electron chi connectivity index (χ4n) is 2.48. The number of methoxy groups -OCH3 is 1. The van der Waals surface area contributed by atoms with Crippen LogP contribution in [-0.2, 0) is 9.53 Å². The third-order valence-electron chi connectivity index (χ3n) is 3.80. The van der Waals surface area contributed by atoms with E-state index in [0.29, 0.717) is 41.6 Å². The lowest BCUT2D eigenvalue weighted by atomic mass is 10.1. The number of amides is 2. The molecule has 1 fully saturated rings. The summed E-state index contributed by atoms with van der Waals surface area (Å²) < 4.78 is 10.7. The zero-order valence-electron chi connectivity index (χ0n) is 14.1. The lowest BCUT2D eigenvalue weighted by molar-refractivity contribution is -0.122. The quantitative estimate of drug-likeness (QED) is 0.568. The molecule has 1 aliphatic rings. The van der Waals surface area contributed by atoms with Gasteiger partial charge >= 0.3 is 0 Å². The van der Waals surface area contributed by atoms with Crippen LogP contribution < -0.4 is 0 Å². The molecule has 0 bridgehead atoms. The van der Waals surface area contributed by atoms with Crippen molar-refractivity contribution < 1.29 is 18.7 Å². The lowest BCUT2D eigenvalue weighted by Gasteiger charge is -2.11.